The molecule has 1 aromatic rings. The third-order valence-electron chi connectivity index (χ3n) is 7.69. The number of aryl methyl sites for hydroxylation is 1. The van der Waals surface area contributed by atoms with Crippen LogP contribution in [0, 0.1) is 24.6 Å². The van der Waals surface area contributed by atoms with Gasteiger partial charge in [-0.3, -0.25) is 0 Å². The van der Waals surface area contributed by atoms with Gasteiger partial charge in [-0.05, 0) is 86.0 Å². The number of carbonyl (C=O) groups excluding carboxylic acids is 1. The van der Waals surface area contributed by atoms with Gasteiger partial charge in [-0.1, -0.05) is 70.6 Å². The highest BCUT2D eigenvalue weighted by atomic mass is 19.1. The first-order valence-electron chi connectivity index (χ1n) is 12.8. The number of hydrogen-bond donors (Lipinski definition) is 2. The molecule has 2 fully saturated rings. The Kier molecular flexibility index (Phi) is 13.3. The first kappa shape index (κ1) is 29.1. The Bertz CT molecular complexity index is 758. The van der Waals surface area contributed by atoms with Crippen molar-refractivity contribution in [1.29, 1.82) is 0 Å². The Balaban J connectivity index is 0.000000673. The molecule has 3 nitrogen and oxygen atoms in total. The lowest BCUT2D eigenvalue weighted by molar-refractivity contribution is 0.307. The molecule has 186 valence electrons. The van der Waals surface area contributed by atoms with Crippen molar-refractivity contribution < 1.29 is 9.18 Å². The summed E-state index contributed by atoms with van der Waals surface area (Å²) >= 11 is 0. The average Bonchev–Trinajstić information content (AvgIpc) is 3.54. The molecular weight excluding hydrogens is 411 g/mol. The molecule has 1 aromatic carbocycles. The number of halogens is 1. The molecule has 0 radical (unpaired) electrons. The molecule has 0 aromatic heterocycles. The second-order valence-electron chi connectivity index (χ2n) is 9.92. The molecule has 0 heterocycles. The lowest BCUT2D eigenvalue weighted by Crippen LogP contribution is -2.15. The standard InChI is InChI=1S/C23H32FNO.C6H12.H3N/c1-18-17-21(11-12-22(18)24)23(14-15-23)13-7-4-5-9-20(19(2)25-3)10-6-8-16-26;1-2-6-4-3-5-6;/h8,11-12,17,20,25H,2,4-7,9-10,13-15H2,1,3H3;6H,2-5H2,1H3;1H3. The van der Waals surface area contributed by atoms with E-state index < -0.39 is 0 Å². The normalized spacial score (nSPS) is 16.7. The van der Waals surface area contributed by atoms with Crippen molar-refractivity contribution in [1.82, 2.24) is 11.5 Å². The number of nitrogens with one attached hydrogen (secondary N) is 1. The van der Waals surface area contributed by atoms with Crippen molar-refractivity contribution >= 4 is 5.94 Å². The lowest BCUT2D eigenvalue weighted by atomic mass is 9.84. The molecule has 1 atom stereocenters. The van der Waals surface area contributed by atoms with E-state index in [-0.39, 0.29) is 12.0 Å². The largest absolute Gasteiger partial charge is 0.392 e. The second-order valence-corrected chi connectivity index (χ2v) is 9.92. The van der Waals surface area contributed by atoms with Crippen LogP contribution < -0.4 is 11.5 Å². The number of rotatable bonds is 13. The fourth-order valence-corrected chi connectivity index (χ4v) is 4.78. The SMILES string of the molecule is C=C(NC)C(CCC=C=O)CCCCCC1(c2ccc(F)c(C)c2)CC1.CCC1CCC1.N. The van der Waals surface area contributed by atoms with E-state index in [9.17, 15) is 9.18 Å². The monoisotopic (exact) mass is 458 g/mol. The summed E-state index contributed by atoms with van der Waals surface area (Å²) in [4.78, 5) is 10.3. The third kappa shape index (κ3) is 9.47. The highest BCUT2D eigenvalue weighted by Gasteiger charge is 2.43. The molecule has 4 heteroatoms. The van der Waals surface area contributed by atoms with Gasteiger partial charge in [0.25, 0.3) is 0 Å². The molecule has 0 amide bonds. The molecule has 4 N–H and O–H groups in total. The van der Waals surface area contributed by atoms with Gasteiger partial charge < -0.3 is 11.5 Å². The molecule has 2 aliphatic rings. The van der Waals surface area contributed by atoms with Crippen LogP contribution in [-0.2, 0) is 10.2 Å². The van der Waals surface area contributed by atoms with Crippen molar-refractivity contribution in [2.75, 3.05) is 7.05 Å². The highest BCUT2D eigenvalue weighted by Crippen LogP contribution is 2.52. The Labute approximate surface area is 201 Å². The van der Waals surface area contributed by atoms with E-state index in [0.29, 0.717) is 11.3 Å². The van der Waals surface area contributed by atoms with Crippen molar-refractivity contribution in [3.8, 4) is 0 Å². The van der Waals surface area contributed by atoms with Crippen LogP contribution in [0.3, 0.4) is 0 Å². The fraction of sp³-hybridized carbons (Fsp3) is 0.655. The summed E-state index contributed by atoms with van der Waals surface area (Å²) in [5.41, 5.74) is 3.44. The number of hydrogen-bond acceptors (Lipinski definition) is 3. The summed E-state index contributed by atoms with van der Waals surface area (Å²) in [6.45, 7) is 8.23. The molecular formula is C29H47FN2O. The summed E-state index contributed by atoms with van der Waals surface area (Å²) in [5, 5.41) is 3.16. The maximum absolute atomic E-state index is 13.5. The van der Waals surface area contributed by atoms with E-state index in [1.807, 2.05) is 32.0 Å². The minimum Gasteiger partial charge on any atom is -0.392 e. The van der Waals surface area contributed by atoms with Crippen molar-refractivity contribution in [3.05, 3.63) is 53.5 Å². The fourth-order valence-electron chi connectivity index (χ4n) is 4.78. The van der Waals surface area contributed by atoms with Crippen LogP contribution in [0.15, 0.2) is 36.6 Å². The quantitative estimate of drug-likeness (QED) is 0.232. The molecule has 0 aliphatic heterocycles. The molecule has 1 unspecified atom stereocenters. The van der Waals surface area contributed by atoms with Gasteiger partial charge in [-0.2, -0.15) is 0 Å². The maximum Gasteiger partial charge on any atom is 0.126 e. The van der Waals surface area contributed by atoms with Crippen LogP contribution in [-0.4, -0.2) is 13.0 Å². The number of allylic oxidation sites excluding steroid dienone is 2. The van der Waals surface area contributed by atoms with Crippen LogP contribution in [0.5, 0.6) is 0 Å². The van der Waals surface area contributed by atoms with Crippen molar-refractivity contribution in [3.63, 3.8) is 0 Å². The minimum atomic E-state index is -0.107. The maximum atomic E-state index is 13.5. The Morgan fingerprint density at radius 3 is 2.48 bits per heavy atom. The third-order valence-corrected chi connectivity index (χ3v) is 7.69. The summed E-state index contributed by atoms with van der Waals surface area (Å²) in [6.07, 6.45) is 17.6. The van der Waals surface area contributed by atoms with E-state index >= 15 is 0 Å². The lowest BCUT2D eigenvalue weighted by Gasteiger charge is -2.22. The highest BCUT2D eigenvalue weighted by molar-refractivity contribution is 5.44. The molecule has 3 rings (SSSR count). The van der Waals surface area contributed by atoms with E-state index in [0.717, 1.165) is 36.4 Å². The second kappa shape index (κ2) is 15.1. The molecule has 0 bridgehead atoms. The topological polar surface area (TPSA) is 64.1 Å². The number of unbranched alkanes of at least 4 members (excludes halogenated alkanes) is 2. The van der Waals surface area contributed by atoms with Gasteiger partial charge in [0.05, 0.1) is 0 Å². The Morgan fingerprint density at radius 2 is 2.00 bits per heavy atom. The summed E-state index contributed by atoms with van der Waals surface area (Å²) < 4.78 is 13.5. The first-order valence-corrected chi connectivity index (χ1v) is 12.8. The van der Waals surface area contributed by atoms with Gasteiger partial charge in [0.2, 0.25) is 0 Å². The first-order chi connectivity index (χ1) is 15.5. The van der Waals surface area contributed by atoms with Gasteiger partial charge >= 0.3 is 0 Å². The van der Waals surface area contributed by atoms with Crippen LogP contribution in [0.2, 0.25) is 0 Å². The van der Waals surface area contributed by atoms with Gasteiger partial charge in [0.15, 0.2) is 0 Å². The predicted molar refractivity (Wildman–Crippen MR) is 139 cm³/mol. The van der Waals surface area contributed by atoms with Crippen LogP contribution in [0.4, 0.5) is 4.39 Å². The smallest absolute Gasteiger partial charge is 0.126 e. The zero-order chi connectivity index (χ0) is 23.4. The molecule has 0 spiro atoms. The van der Waals surface area contributed by atoms with E-state index in [1.165, 1.54) is 69.8 Å². The van der Waals surface area contributed by atoms with Crippen molar-refractivity contribution in [2.24, 2.45) is 11.8 Å². The minimum absolute atomic E-state index is 0. The molecule has 0 saturated heterocycles. The van der Waals surface area contributed by atoms with Crippen LogP contribution in [0.1, 0.15) is 102 Å². The van der Waals surface area contributed by atoms with Gasteiger partial charge in [0, 0.05) is 12.7 Å². The van der Waals surface area contributed by atoms with Crippen molar-refractivity contribution in [2.45, 2.75) is 103 Å². The van der Waals surface area contributed by atoms with Gasteiger partial charge in [0.1, 0.15) is 11.8 Å². The summed E-state index contributed by atoms with van der Waals surface area (Å²) in [7, 11) is 1.91. The molecule has 2 aliphatic carbocycles. The summed E-state index contributed by atoms with van der Waals surface area (Å²) in [6, 6.07) is 5.63. The molecule has 33 heavy (non-hydrogen) atoms. The summed E-state index contributed by atoms with van der Waals surface area (Å²) in [5.74, 6) is 3.28. The van der Waals surface area contributed by atoms with Crippen LogP contribution in [0.25, 0.3) is 0 Å². The predicted octanol–water partition coefficient (Wildman–Crippen LogP) is 7.99. The Morgan fingerprint density at radius 1 is 1.27 bits per heavy atom. The zero-order valence-electron chi connectivity index (χ0n) is 21.4. The van der Waals surface area contributed by atoms with Gasteiger partial charge in [-0.15, -0.1) is 0 Å². The van der Waals surface area contributed by atoms with E-state index in [4.69, 9.17) is 0 Å². The van der Waals surface area contributed by atoms with E-state index in [1.54, 1.807) is 12.1 Å². The molecule has 2 saturated carbocycles. The van der Waals surface area contributed by atoms with Crippen LogP contribution >= 0.6 is 0 Å². The van der Waals surface area contributed by atoms with Gasteiger partial charge in [-0.25, -0.2) is 9.18 Å². The van der Waals surface area contributed by atoms with E-state index in [2.05, 4.69) is 18.8 Å². The Hall–Kier alpha value is -1.90. The number of benzene rings is 1. The zero-order valence-corrected chi connectivity index (χ0v) is 21.4. The average molecular weight is 459 g/mol.